The van der Waals surface area contributed by atoms with Crippen LogP contribution in [0.15, 0.2) is 18.2 Å². The molecule has 0 saturated heterocycles. The number of carbonyl (C=O) groups excluding carboxylic acids is 2. The molecule has 1 aromatic rings. The summed E-state index contributed by atoms with van der Waals surface area (Å²) >= 11 is 0. The Morgan fingerprint density at radius 1 is 1.41 bits per heavy atom. The van der Waals surface area contributed by atoms with E-state index in [-0.39, 0.29) is 29.8 Å². The van der Waals surface area contributed by atoms with Gasteiger partial charge in [0.25, 0.3) is 0 Å². The van der Waals surface area contributed by atoms with Gasteiger partial charge in [-0.2, -0.15) is 0 Å². The van der Waals surface area contributed by atoms with E-state index in [4.69, 9.17) is 5.73 Å². The summed E-state index contributed by atoms with van der Waals surface area (Å²) < 4.78 is 0. The quantitative estimate of drug-likeness (QED) is 0.745. The van der Waals surface area contributed by atoms with Crippen LogP contribution >= 0.6 is 12.4 Å². The first-order chi connectivity index (χ1) is 9.83. The fourth-order valence-corrected chi connectivity index (χ4v) is 2.31. The van der Waals surface area contributed by atoms with E-state index >= 15 is 0 Å². The predicted molar refractivity (Wildman–Crippen MR) is 90.2 cm³/mol. The smallest absolute Gasteiger partial charge is 0.228 e. The standard InChI is InChI=1S/C16H23N3O2.ClH/c1-16(2,17)10-18-14(20)5-3-4-11-6-7-13-12(8-11)9-15(21)19-13;/h6-8H,3-5,9-10,17H2,1-2H3,(H,18,20)(H,19,21);1H. The van der Waals surface area contributed by atoms with Crippen molar-refractivity contribution < 1.29 is 9.59 Å². The van der Waals surface area contributed by atoms with E-state index < -0.39 is 0 Å². The third kappa shape index (κ3) is 5.66. The number of carbonyl (C=O) groups is 2. The average Bonchev–Trinajstić information content (AvgIpc) is 2.75. The highest BCUT2D eigenvalue weighted by Crippen LogP contribution is 2.24. The van der Waals surface area contributed by atoms with Crippen LogP contribution in [0.3, 0.4) is 0 Å². The van der Waals surface area contributed by atoms with Crippen LogP contribution in [0.25, 0.3) is 0 Å². The highest BCUT2D eigenvalue weighted by molar-refractivity contribution is 5.99. The first-order valence-corrected chi connectivity index (χ1v) is 7.31. The van der Waals surface area contributed by atoms with Crippen LogP contribution in [0, 0.1) is 0 Å². The molecular formula is C16H24ClN3O2. The summed E-state index contributed by atoms with van der Waals surface area (Å²) in [5.74, 6) is 0.0810. The molecule has 0 atom stereocenters. The van der Waals surface area contributed by atoms with Crippen LogP contribution in [0.2, 0.25) is 0 Å². The van der Waals surface area contributed by atoms with Gasteiger partial charge in [-0.25, -0.2) is 0 Å². The normalized spacial score (nSPS) is 13.1. The number of amides is 2. The van der Waals surface area contributed by atoms with Crippen LogP contribution < -0.4 is 16.4 Å². The molecule has 2 rings (SSSR count). The van der Waals surface area contributed by atoms with Crippen molar-refractivity contribution in [3.8, 4) is 0 Å². The number of benzene rings is 1. The van der Waals surface area contributed by atoms with Crippen molar-refractivity contribution in [3.05, 3.63) is 29.3 Å². The van der Waals surface area contributed by atoms with Gasteiger partial charge in [-0.1, -0.05) is 12.1 Å². The molecule has 0 aromatic heterocycles. The summed E-state index contributed by atoms with van der Waals surface area (Å²) in [6.07, 6.45) is 2.57. The molecule has 2 amide bonds. The molecule has 1 aliphatic rings. The highest BCUT2D eigenvalue weighted by Gasteiger charge is 2.17. The minimum atomic E-state index is -0.380. The number of halogens is 1. The maximum atomic E-state index is 11.7. The molecule has 0 fully saturated rings. The van der Waals surface area contributed by atoms with Crippen LogP contribution in [0.1, 0.15) is 37.8 Å². The van der Waals surface area contributed by atoms with Gasteiger partial charge in [0.2, 0.25) is 11.8 Å². The van der Waals surface area contributed by atoms with Crippen LogP contribution in [0.4, 0.5) is 5.69 Å². The maximum Gasteiger partial charge on any atom is 0.228 e. The number of fused-ring (bicyclic) bond motifs is 1. The average molecular weight is 326 g/mol. The first kappa shape index (κ1) is 18.5. The molecule has 22 heavy (non-hydrogen) atoms. The second-order valence-electron chi connectivity index (χ2n) is 6.34. The van der Waals surface area contributed by atoms with E-state index in [9.17, 15) is 9.59 Å². The SMILES string of the molecule is CC(C)(N)CNC(=O)CCCc1ccc2c(c1)CC(=O)N2.Cl. The van der Waals surface area contributed by atoms with Crippen molar-refractivity contribution in [2.75, 3.05) is 11.9 Å². The van der Waals surface area contributed by atoms with Gasteiger partial charge in [-0.3, -0.25) is 9.59 Å². The molecule has 0 unspecified atom stereocenters. The Hall–Kier alpha value is -1.59. The summed E-state index contributed by atoms with van der Waals surface area (Å²) in [6, 6.07) is 5.99. The van der Waals surface area contributed by atoms with Gasteiger partial charge in [-0.05, 0) is 43.9 Å². The topological polar surface area (TPSA) is 84.2 Å². The largest absolute Gasteiger partial charge is 0.354 e. The number of nitrogens with two attached hydrogens (primary N) is 1. The van der Waals surface area contributed by atoms with Crippen molar-refractivity contribution in [1.29, 1.82) is 0 Å². The zero-order chi connectivity index (χ0) is 15.5. The Bertz CT molecular complexity index is 553. The highest BCUT2D eigenvalue weighted by atomic mass is 35.5. The molecule has 1 aromatic carbocycles. The van der Waals surface area contributed by atoms with Crippen LogP contribution in [0.5, 0.6) is 0 Å². The van der Waals surface area contributed by atoms with Gasteiger partial charge in [0, 0.05) is 24.2 Å². The Morgan fingerprint density at radius 3 is 2.82 bits per heavy atom. The van der Waals surface area contributed by atoms with E-state index in [1.165, 1.54) is 0 Å². The second kappa shape index (κ2) is 7.61. The maximum absolute atomic E-state index is 11.7. The molecule has 1 aliphatic heterocycles. The number of hydrogen-bond acceptors (Lipinski definition) is 3. The molecule has 1 heterocycles. The molecule has 5 nitrogen and oxygen atoms in total. The molecule has 0 aliphatic carbocycles. The third-order valence-corrected chi connectivity index (χ3v) is 3.41. The van der Waals surface area contributed by atoms with Crippen molar-refractivity contribution in [1.82, 2.24) is 5.32 Å². The molecule has 0 radical (unpaired) electrons. The summed E-state index contributed by atoms with van der Waals surface area (Å²) in [5.41, 5.74) is 8.56. The Labute approximate surface area is 137 Å². The monoisotopic (exact) mass is 325 g/mol. The van der Waals surface area contributed by atoms with Crippen LogP contribution in [-0.2, 0) is 22.4 Å². The third-order valence-electron chi connectivity index (χ3n) is 3.41. The lowest BCUT2D eigenvalue weighted by Gasteiger charge is -2.18. The number of nitrogens with one attached hydrogen (secondary N) is 2. The molecule has 6 heteroatoms. The number of anilines is 1. The number of hydrogen-bond donors (Lipinski definition) is 3. The number of rotatable bonds is 6. The fraction of sp³-hybridized carbons (Fsp3) is 0.500. The second-order valence-corrected chi connectivity index (χ2v) is 6.34. The van der Waals surface area contributed by atoms with E-state index in [1.807, 2.05) is 32.0 Å². The van der Waals surface area contributed by atoms with E-state index in [2.05, 4.69) is 10.6 Å². The summed E-state index contributed by atoms with van der Waals surface area (Å²) in [7, 11) is 0. The molecular weight excluding hydrogens is 302 g/mol. The minimum Gasteiger partial charge on any atom is -0.354 e. The Balaban J connectivity index is 0.00000242. The van der Waals surface area contributed by atoms with E-state index in [0.29, 0.717) is 19.4 Å². The van der Waals surface area contributed by atoms with Crippen LogP contribution in [-0.4, -0.2) is 23.9 Å². The van der Waals surface area contributed by atoms with Gasteiger partial charge in [0.1, 0.15) is 0 Å². The molecule has 4 N–H and O–H groups in total. The van der Waals surface area contributed by atoms with Gasteiger partial charge >= 0.3 is 0 Å². The van der Waals surface area contributed by atoms with Crippen molar-refractivity contribution in [2.24, 2.45) is 5.73 Å². The zero-order valence-corrected chi connectivity index (χ0v) is 13.9. The summed E-state index contributed by atoms with van der Waals surface area (Å²) in [6.45, 7) is 4.25. The molecule has 0 bridgehead atoms. The lowest BCUT2D eigenvalue weighted by atomic mass is 10.0. The summed E-state index contributed by atoms with van der Waals surface area (Å²) in [4.78, 5) is 23.0. The van der Waals surface area contributed by atoms with Crippen molar-refractivity contribution in [3.63, 3.8) is 0 Å². The van der Waals surface area contributed by atoms with Gasteiger partial charge in [-0.15, -0.1) is 12.4 Å². The molecule has 122 valence electrons. The van der Waals surface area contributed by atoms with Gasteiger partial charge < -0.3 is 16.4 Å². The van der Waals surface area contributed by atoms with Crippen molar-refractivity contribution >= 4 is 29.9 Å². The Morgan fingerprint density at radius 2 is 2.14 bits per heavy atom. The van der Waals surface area contributed by atoms with Gasteiger partial charge in [0.15, 0.2) is 0 Å². The Kier molecular flexibility index (Phi) is 6.38. The minimum absolute atomic E-state index is 0. The van der Waals surface area contributed by atoms with E-state index in [0.717, 1.165) is 29.7 Å². The molecule has 0 spiro atoms. The zero-order valence-electron chi connectivity index (χ0n) is 13.1. The van der Waals surface area contributed by atoms with E-state index in [1.54, 1.807) is 0 Å². The predicted octanol–water partition coefficient (Wildman–Crippen LogP) is 1.78. The number of aryl methyl sites for hydroxylation is 1. The molecule has 0 saturated carbocycles. The first-order valence-electron chi connectivity index (χ1n) is 7.31. The lowest BCUT2D eigenvalue weighted by molar-refractivity contribution is -0.121. The summed E-state index contributed by atoms with van der Waals surface area (Å²) in [5, 5.41) is 5.65. The fourth-order valence-electron chi connectivity index (χ4n) is 2.31. The van der Waals surface area contributed by atoms with Gasteiger partial charge in [0.05, 0.1) is 6.42 Å². The van der Waals surface area contributed by atoms with Crippen molar-refractivity contribution in [2.45, 2.75) is 45.1 Å². The lowest BCUT2D eigenvalue weighted by Crippen LogP contribution is -2.45.